The Morgan fingerprint density at radius 1 is 1.40 bits per heavy atom. The number of nitrogens with zero attached hydrogens (tertiary/aromatic N) is 3. The Hall–Kier alpha value is -1.89. The van der Waals surface area contributed by atoms with E-state index >= 15 is 0 Å². The number of amides is 1. The van der Waals surface area contributed by atoms with Gasteiger partial charge in [0, 0.05) is 19.3 Å². The van der Waals surface area contributed by atoms with Crippen LogP contribution >= 0.6 is 11.6 Å². The maximum absolute atomic E-state index is 12.1. The van der Waals surface area contributed by atoms with Crippen LogP contribution in [0.4, 0.5) is 0 Å². The van der Waals surface area contributed by atoms with E-state index in [-0.39, 0.29) is 17.5 Å². The Kier molecular flexibility index (Phi) is 4.39. The number of aromatic nitrogens is 2. The molecular formula is C12H14ClN3O4. The Labute approximate surface area is 119 Å². The third-order valence-electron chi connectivity index (χ3n) is 3.33. The van der Waals surface area contributed by atoms with Crippen molar-refractivity contribution >= 4 is 23.5 Å². The summed E-state index contributed by atoms with van der Waals surface area (Å²) < 4.78 is 1.15. The second kappa shape index (κ2) is 6.04. The molecule has 1 saturated heterocycles. The quantitative estimate of drug-likeness (QED) is 0.862. The van der Waals surface area contributed by atoms with Crippen LogP contribution in [0.5, 0.6) is 0 Å². The van der Waals surface area contributed by atoms with Crippen LogP contribution in [0.25, 0.3) is 0 Å². The highest BCUT2D eigenvalue weighted by molar-refractivity contribution is 6.30. The van der Waals surface area contributed by atoms with E-state index in [1.54, 1.807) is 4.90 Å². The van der Waals surface area contributed by atoms with E-state index in [0.29, 0.717) is 25.9 Å². The van der Waals surface area contributed by atoms with Crippen molar-refractivity contribution in [2.75, 3.05) is 13.1 Å². The monoisotopic (exact) mass is 299 g/mol. The number of likely N-dealkylation sites (tertiary alicyclic amines) is 1. The van der Waals surface area contributed by atoms with Crippen molar-refractivity contribution < 1.29 is 14.7 Å². The van der Waals surface area contributed by atoms with Gasteiger partial charge >= 0.3 is 11.7 Å². The van der Waals surface area contributed by atoms with Crippen molar-refractivity contribution in [3.05, 3.63) is 27.9 Å². The molecule has 1 N–H and O–H groups in total. The van der Waals surface area contributed by atoms with Gasteiger partial charge in [-0.25, -0.2) is 9.78 Å². The molecule has 0 saturated carbocycles. The Balaban J connectivity index is 1.98. The minimum atomic E-state index is -0.827. The first-order valence-corrected chi connectivity index (χ1v) is 6.57. The Bertz CT molecular complexity index is 578. The summed E-state index contributed by atoms with van der Waals surface area (Å²) >= 11 is 5.73. The lowest BCUT2D eigenvalue weighted by molar-refractivity contribution is -0.145. The lowest BCUT2D eigenvalue weighted by Gasteiger charge is -2.30. The fourth-order valence-electron chi connectivity index (χ4n) is 2.16. The number of carbonyl (C=O) groups excluding carboxylic acids is 1. The van der Waals surface area contributed by atoms with Crippen LogP contribution in [0.1, 0.15) is 12.8 Å². The van der Waals surface area contributed by atoms with Gasteiger partial charge in [-0.1, -0.05) is 11.6 Å². The fourth-order valence-corrected chi connectivity index (χ4v) is 2.33. The molecule has 20 heavy (non-hydrogen) atoms. The van der Waals surface area contributed by atoms with E-state index < -0.39 is 17.6 Å². The van der Waals surface area contributed by atoms with Crippen LogP contribution in [0.15, 0.2) is 17.2 Å². The summed E-state index contributed by atoms with van der Waals surface area (Å²) in [6.45, 7) is 0.640. The molecule has 1 aromatic heterocycles. The first-order valence-electron chi connectivity index (χ1n) is 6.20. The summed E-state index contributed by atoms with van der Waals surface area (Å²) in [7, 11) is 0. The summed E-state index contributed by atoms with van der Waals surface area (Å²) in [5, 5.41) is 9.17. The van der Waals surface area contributed by atoms with Crippen molar-refractivity contribution in [3.63, 3.8) is 0 Å². The number of aliphatic carboxylic acids is 1. The van der Waals surface area contributed by atoms with E-state index in [1.807, 2.05) is 0 Å². The van der Waals surface area contributed by atoms with Gasteiger partial charge in [0.2, 0.25) is 5.91 Å². The molecule has 2 heterocycles. The standard InChI is InChI=1S/C12H14ClN3O4/c13-9-5-14-12(20)16(6-9)7-10(17)15-3-1-8(2-4-15)11(18)19/h5-6,8H,1-4,7H2,(H,18,19). The summed E-state index contributed by atoms with van der Waals surface area (Å²) in [5.41, 5.74) is -0.539. The van der Waals surface area contributed by atoms with Crippen LogP contribution in [0.2, 0.25) is 5.02 Å². The van der Waals surface area contributed by atoms with Crippen molar-refractivity contribution in [2.24, 2.45) is 5.92 Å². The molecule has 0 aromatic carbocycles. The van der Waals surface area contributed by atoms with Crippen LogP contribution in [0.3, 0.4) is 0 Å². The highest BCUT2D eigenvalue weighted by Crippen LogP contribution is 2.17. The minimum Gasteiger partial charge on any atom is -0.481 e. The topological polar surface area (TPSA) is 92.5 Å². The predicted molar refractivity (Wildman–Crippen MR) is 70.4 cm³/mol. The number of carboxylic acids is 1. The molecule has 0 spiro atoms. The molecule has 0 aliphatic carbocycles. The fraction of sp³-hybridized carbons (Fsp3) is 0.500. The van der Waals surface area contributed by atoms with Crippen molar-refractivity contribution in [1.82, 2.24) is 14.5 Å². The number of piperidine rings is 1. The number of carboxylic acid groups (broad SMARTS) is 1. The van der Waals surface area contributed by atoms with Gasteiger partial charge in [-0.3, -0.25) is 14.2 Å². The minimum absolute atomic E-state index is 0.135. The molecule has 1 amide bonds. The maximum atomic E-state index is 12.1. The molecule has 1 aromatic rings. The molecule has 0 atom stereocenters. The van der Waals surface area contributed by atoms with Gasteiger partial charge in [-0.2, -0.15) is 0 Å². The van der Waals surface area contributed by atoms with E-state index in [0.717, 1.165) is 4.57 Å². The second-order valence-corrected chi connectivity index (χ2v) is 5.11. The summed E-state index contributed by atoms with van der Waals surface area (Å²) in [6.07, 6.45) is 3.45. The molecule has 2 rings (SSSR count). The molecule has 0 unspecified atom stereocenters. The third-order valence-corrected chi connectivity index (χ3v) is 3.52. The normalized spacial score (nSPS) is 16.1. The van der Waals surface area contributed by atoms with E-state index in [1.165, 1.54) is 12.4 Å². The maximum Gasteiger partial charge on any atom is 0.348 e. The third kappa shape index (κ3) is 3.36. The lowest BCUT2D eigenvalue weighted by atomic mass is 9.97. The molecule has 108 valence electrons. The molecule has 0 radical (unpaired) electrons. The smallest absolute Gasteiger partial charge is 0.348 e. The van der Waals surface area contributed by atoms with Gasteiger partial charge in [-0.05, 0) is 12.8 Å². The molecule has 1 fully saturated rings. The number of hydrogen-bond acceptors (Lipinski definition) is 4. The van der Waals surface area contributed by atoms with Crippen LogP contribution < -0.4 is 5.69 Å². The van der Waals surface area contributed by atoms with Gasteiger partial charge in [0.15, 0.2) is 0 Å². The van der Waals surface area contributed by atoms with Gasteiger partial charge in [0.25, 0.3) is 0 Å². The number of halogens is 1. The second-order valence-electron chi connectivity index (χ2n) is 4.68. The number of rotatable bonds is 3. The highest BCUT2D eigenvalue weighted by Gasteiger charge is 2.27. The van der Waals surface area contributed by atoms with Crippen LogP contribution in [-0.2, 0) is 16.1 Å². The van der Waals surface area contributed by atoms with E-state index in [2.05, 4.69) is 4.98 Å². The van der Waals surface area contributed by atoms with Crippen LogP contribution in [0, 0.1) is 5.92 Å². The number of carbonyl (C=O) groups is 2. The predicted octanol–water partition coefficient (Wildman–Crippen LogP) is 0.220. The molecule has 1 aliphatic rings. The molecular weight excluding hydrogens is 286 g/mol. The summed E-state index contributed by atoms with van der Waals surface area (Å²) in [6, 6.07) is 0. The van der Waals surface area contributed by atoms with Crippen molar-refractivity contribution in [1.29, 1.82) is 0 Å². The average molecular weight is 300 g/mol. The zero-order valence-corrected chi connectivity index (χ0v) is 11.4. The van der Waals surface area contributed by atoms with Gasteiger partial charge < -0.3 is 10.0 Å². The molecule has 8 heteroatoms. The Morgan fingerprint density at radius 3 is 2.65 bits per heavy atom. The van der Waals surface area contributed by atoms with Gasteiger partial charge in [0.05, 0.1) is 17.1 Å². The highest BCUT2D eigenvalue weighted by atomic mass is 35.5. The zero-order valence-electron chi connectivity index (χ0n) is 10.7. The van der Waals surface area contributed by atoms with Gasteiger partial charge in [-0.15, -0.1) is 0 Å². The van der Waals surface area contributed by atoms with Gasteiger partial charge in [0.1, 0.15) is 6.54 Å². The SMILES string of the molecule is O=C(O)C1CCN(C(=O)Cn2cc(Cl)cnc2=O)CC1. The van der Waals surface area contributed by atoms with Crippen LogP contribution in [-0.4, -0.2) is 44.5 Å². The first kappa shape index (κ1) is 14.5. The summed E-state index contributed by atoms with van der Waals surface area (Å²) in [5.74, 6) is -1.46. The van der Waals surface area contributed by atoms with Crippen molar-refractivity contribution in [2.45, 2.75) is 19.4 Å². The Morgan fingerprint density at radius 2 is 2.05 bits per heavy atom. The average Bonchev–Trinajstić information content (AvgIpc) is 2.43. The summed E-state index contributed by atoms with van der Waals surface area (Å²) in [4.78, 5) is 39.5. The lowest BCUT2D eigenvalue weighted by Crippen LogP contribution is -2.43. The molecule has 1 aliphatic heterocycles. The first-order chi connectivity index (χ1) is 9.47. The largest absolute Gasteiger partial charge is 0.481 e. The molecule has 0 bridgehead atoms. The van der Waals surface area contributed by atoms with E-state index in [4.69, 9.17) is 16.7 Å². The van der Waals surface area contributed by atoms with Crippen molar-refractivity contribution in [3.8, 4) is 0 Å². The van der Waals surface area contributed by atoms with E-state index in [9.17, 15) is 14.4 Å². The zero-order chi connectivity index (χ0) is 14.7. The molecule has 7 nitrogen and oxygen atoms in total. The number of hydrogen-bond donors (Lipinski definition) is 1.